The van der Waals surface area contributed by atoms with Gasteiger partial charge in [0.2, 0.25) is 0 Å². The number of urea groups is 1. The first-order chi connectivity index (χ1) is 9.08. The van der Waals surface area contributed by atoms with Gasteiger partial charge in [-0.3, -0.25) is 4.79 Å². The highest BCUT2D eigenvalue weighted by atomic mass is 16.5. The molecule has 1 aliphatic rings. The molecule has 6 heteroatoms. The van der Waals surface area contributed by atoms with Crippen LogP contribution in [0.4, 0.5) is 4.79 Å². The molecule has 0 bridgehead atoms. The summed E-state index contributed by atoms with van der Waals surface area (Å²) in [7, 11) is 1.61. The largest absolute Gasteiger partial charge is 0.481 e. The van der Waals surface area contributed by atoms with Crippen LogP contribution in [-0.2, 0) is 9.53 Å². The number of ether oxygens (including phenoxy) is 1. The Hall–Kier alpha value is -1.30. The first kappa shape index (κ1) is 15.8. The number of hydrogen-bond acceptors (Lipinski definition) is 3. The molecule has 0 aromatic rings. The molecule has 0 radical (unpaired) electrons. The van der Waals surface area contributed by atoms with Crippen molar-refractivity contribution < 1.29 is 19.4 Å². The highest BCUT2D eigenvalue weighted by Crippen LogP contribution is 2.16. The fourth-order valence-corrected chi connectivity index (χ4v) is 2.38. The van der Waals surface area contributed by atoms with Crippen LogP contribution in [0.5, 0.6) is 0 Å². The standard InChI is InChI=1S/C13H24N2O4/c1-3-5-11(9-19-2)14-13(18)15-7-4-6-10(8-15)12(16)17/h10-11H,3-9H2,1-2H3,(H,14,18)(H,16,17). The summed E-state index contributed by atoms with van der Waals surface area (Å²) in [6.07, 6.45) is 3.21. The number of nitrogens with one attached hydrogen (secondary N) is 1. The highest BCUT2D eigenvalue weighted by Gasteiger charge is 2.28. The summed E-state index contributed by atoms with van der Waals surface area (Å²) in [4.78, 5) is 24.7. The van der Waals surface area contributed by atoms with Crippen molar-refractivity contribution in [2.45, 2.75) is 38.6 Å². The lowest BCUT2D eigenvalue weighted by molar-refractivity contribution is -0.143. The predicted molar refractivity (Wildman–Crippen MR) is 71.0 cm³/mol. The molecular weight excluding hydrogens is 248 g/mol. The monoisotopic (exact) mass is 272 g/mol. The van der Waals surface area contributed by atoms with Crippen LogP contribution in [0, 0.1) is 5.92 Å². The van der Waals surface area contributed by atoms with Gasteiger partial charge in [-0.1, -0.05) is 13.3 Å². The maximum absolute atomic E-state index is 12.1. The molecule has 0 saturated carbocycles. The molecule has 0 aromatic heterocycles. The Morgan fingerprint density at radius 1 is 1.53 bits per heavy atom. The van der Waals surface area contributed by atoms with Crippen molar-refractivity contribution in [2.24, 2.45) is 5.92 Å². The van der Waals surface area contributed by atoms with E-state index in [1.165, 1.54) is 0 Å². The Balaban J connectivity index is 2.49. The number of nitrogens with zero attached hydrogens (tertiary/aromatic N) is 1. The fraction of sp³-hybridized carbons (Fsp3) is 0.846. The first-order valence-electron chi connectivity index (χ1n) is 6.85. The van der Waals surface area contributed by atoms with Gasteiger partial charge in [0.15, 0.2) is 0 Å². The van der Waals surface area contributed by atoms with Crippen molar-refractivity contribution >= 4 is 12.0 Å². The van der Waals surface area contributed by atoms with Gasteiger partial charge >= 0.3 is 12.0 Å². The van der Waals surface area contributed by atoms with Crippen LogP contribution in [0.3, 0.4) is 0 Å². The second kappa shape index (κ2) is 7.99. The molecule has 6 nitrogen and oxygen atoms in total. The number of hydrogen-bond donors (Lipinski definition) is 2. The number of methoxy groups -OCH3 is 1. The quantitative estimate of drug-likeness (QED) is 0.764. The Morgan fingerprint density at radius 3 is 2.84 bits per heavy atom. The topological polar surface area (TPSA) is 78.9 Å². The minimum Gasteiger partial charge on any atom is -0.481 e. The lowest BCUT2D eigenvalue weighted by atomic mass is 9.99. The average Bonchev–Trinajstić information content (AvgIpc) is 2.39. The molecular formula is C13H24N2O4. The van der Waals surface area contributed by atoms with Gasteiger partial charge in [0.25, 0.3) is 0 Å². The van der Waals surface area contributed by atoms with Crippen LogP contribution in [-0.4, -0.2) is 54.9 Å². The van der Waals surface area contributed by atoms with Crippen LogP contribution >= 0.6 is 0 Å². The molecule has 2 N–H and O–H groups in total. The van der Waals surface area contributed by atoms with E-state index in [9.17, 15) is 9.59 Å². The van der Waals surface area contributed by atoms with Crippen molar-refractivity contribution in [3.05, 3.63) is 0 Å². The molecule has 1 saturated heterocycles. The second-order valence-corrected chi connectivity index (χ2v) is 5.01. The van der Waals surface area contributed by atoms with E-state index in [1.807, 2.05) is 0 Å². The van der Waals surface area contributed by atoms with E-state index in [1.54, 1.807) is 12.0 Å². The van der Waals surface area contributed by atoms with Gasteiger partial charge in [0.05, 0.1) is 18.6 Å². The van der Waals surface area contributed by atoms with Crippen molar-refractivity contribution in [2.75, 3.05) is 26.8 Å². The van der Waals surface area contributed by atoms with E-state index in [2.05, 4.69) is 12.2 Å². The van der Waals surface area contributed by atoms with Gasteiger partial charge in [-0.15, -0.1) is 0 Å². The van der Waals surface area contributed by atoms with Crippen LogP contribution in [0.25, 0.3) is 0 Å². The van der Waals surface area contributed by atoms with Gasteiger partial charge in [-0.2, -0.15) is 0 Å². The van der Waals surface area contributed by atoms with Gasteiger partial charge in [0, 0.05) is 20.2 Å². The Bertz CT molecular complexity index is 303. The summed E-state index contributed by atoms with van der Waals surface area (Å²) in [6, 6.07) is -0.186. The van der Waals surface area contributed by atoms with E-state index >= 15 is 0 Å². The zero-order chi connectivity index (χ0) is 14.3. The number of carboxylic acids is 1. The van der Waals surface area contributed by atoms with E-state index in [0.717, 1.165) is 19.3 Å². The number of amides is 2. The maximum Gasteiger partial charge on any atom is 0.317 e. The van der Waals surface area contributed by atoms with Crippen molar-refractivity contribution in [3.63, 3.8) is 0 Å². The minimum absolute atomic E-state index is 0.00676. The number of aliphatic carboxylic acids is 1. The molecule has 2 unspecified atom stereocenters. The molecule has 0 spiro atoms. The molecule has 1 heterocycles. The van der Waals surface area contributed by atoms with E-state index in [0.29, 0.717) is 26.1 Å². The smallest absolute Gasteiger partial charge is 0.317 e. The molecule has 0 aromatic carbocycles. The molecule has 1 fully saturated rings. The number of carbonyl (C=O) groups is 2. The molecule has 2 amide bonds. The molecule has 110 valence electrons. The summed E-state index contributed by atoms with van der Waals surface area (Å²) in [6.45, 7) is 3.46. The summed E-state index contributed by atoms with van der Waals surface area (Å²) in [5.41, 5.74) is 0. The van der Waals surface area contributed by atoms with Crippen molar-refractivity contribution in [1.29, 1.82) is 0 Å². The van der Waals surface area contributed by atoms with Gasteiger partial charge in [-0.25, -0.2) is 4.79 Å². The number of piperidine rings is 1. The number of rotatable bonds is 6. The average molecular weight is 272 g/mol. The number of carboxylic acid groups (broad SMARTS) is 1. The number of carbonyl (C=O) groups excluding carboxylic acids is 1. The van der Waals surface area contributed by atoms with Crippen LogP contribution in [0.2, 0.25) is 0 Å². The predicted octanol–water partition coefficient (Wildman–Crippen LogP) is 1.31. The summed E-state index contributed by atoms with van der Waals surface area (Å²) in [5.74, 6) is -1.26. The Labute approximate surface area is 114 Å². The van der Waals surface area contributed by atoms with E-state index < -0.39 is 11.9 Å². The van der Waals surface area contributed by atoms with Gasteiger partial charge in [0.1, 0.15) is 0 Å². The first-order valence-corrected chi connectivity index (χ1v) is 6.85. The van der Waals surface area contributed by atoms with Crippen LogP contribution in [0.1, 0.15) is 32.6 Å². The second-order valence-electron chi connectivity index (χ2n) is 5.01. The molecule has 1 aliphatic heterocycles. The molecule has 0 aliphatic carbocycles. The third-order valence-corrected chi connectivity index (χ3v) is 3.39. The SMILES string of the molecule is CCCC(COC)NC(=O)N1CCCC(C(=O)O)C1. The summed E-state index contributed by atoms with van der Waals surface area (Å²) < 4.78 is 5.08. The summed E-state index contributed by atoms with van der Waals surface area (Å²) in [5, 5.41) is 11.9. The third-order valence-electron chi connectivity index (χ3n) is 3.39. The lowest BCUT2D eigenvalue weighted by Gasteiger charge is -2.32. The highest BCUT2D eigenvalue weighted by molar-refractivity contribution is 5.76. The zero-order valence-corrected chi connectivity index (χ0v) is 11.7. The van der Waals surface area contributed by atoms with E-state index in [-0.39, 0.29) is 12.1 Å². The van der Waals surface area contributed by atoms with Crippen LogP contribution < -0.4 is 5.32 Å². The van der Waals surface area contributed by atoms with Gasteiger partial charge < -0.3 is 20.1 Å². The summed E-state index contributed by atoms with van der Waals surface area (Å²) >= 11 is 0. The molecule has 19 heavy (non-hydrogen) atoms. The lowest BCUT2D eigenvalue weighted by Crippen LogP contribution is -2.50. The zero-order valence-electron chi connectivity index (χ0n) is 11.7. The minimum atomic E-state index is -0.820. The Morgan fingerprint density at radius 2 is 2.26 bits per heavy atom. The van der Waals surface area contributed by atoms with Crippen molar-refractivity contribution in [3.8, 4) is 0 Å². The van der Waals surface area contributed by atoms with E-state index in [4.69, 9.17) is 9.84 Å². The molecule has 2 atom stereocenters. The normalized spacial score (nSPS) is 20.9. The molecule has 1 rings (SSSR count). The van der Waals surface area contributed by atoms with Gasteiger partial charge in [-0.05, 0) is 19.3 Å². The van der Waals surface area contributed by atoms with Crippen molar-refractivity contribution in [1.82, 2.24) is 10.2 Å². The maximum atomic E-state index is 12.1. The van der Waals surface area contributed by atoms with Crippen LogP contribution in [0.15, 0.2) is 0 Å². The fourth-order valence-electron chi connectivity index (χ4n) is 2.38. The third kappa shape index (κ3) is 5.06. The Kier molecular flexibility index (Phi) is 6.62. The number of likely N-dealkylation sites (tertiary alicyclic amines) is 1.